The Kier molecular flexibility index (Phi) is 4.50. The van der Waals surface area contributed by atoms with Gasteiger partial charge in [0.2, 0.25) is 5.76 Å². The average Bonchev–Trinajstić information content (AvgIpc) is 3.15. The minimum absolute atomic E-state index is 0.000219. The van der Waals surface area contributed by atoms with Crippen molar-refractivity contribution in [1.29, 1.82) is 0 Å². The molecule has 2 aromatic heterocycles. The van der Waals surface area contributed by atoms with Crippen LogP contribution in [0.5, 0.6) is 0 Å². The lowest BCUT2D eigenvalue weighted by molar-refractivity contribution is -0.181. The van der Waals surface area contributed by atoms with Crippen LogP contribution in [0.25, 0.3) is 0 Å². The molecule has 0 bridgehead atoms. The smallest absolute Gasteiger partial charge is 0.289 e. The van der Waals surface area contributed by atoms with Gasteiger partial charge in [-0.25, -0.2) is 0 Å². The third kappa shape index (κ3) is 3.72. The van der Waals surface area contributed by atoms with Crippen molar-refractivity contribution in [1.82, 2.24) is 20.4 Å². The van der Waals surface area contributed by atoms with Crippen LogP contribution in [0.4, 0.5) is 0 Å². The lowest BCUT2D eigenvalue weighted by Crippen LogP contribution is -2.64. The van der Waals surface area contributed by atoms with Crippen LogP contribution >= 0.6 is 0 Å². The first-order chi connectivity index (χ1) is 12.2. The van der Waals surface area contributed by atoms with Gasteiger partial charge in [0.05, 0.1) is 24.1 Å². The summed E-state index contributed by atoms with van der Waals surface area (Å²) in [6.07, 6.45) is 5.40. The molecule has 2 saturated heterocycles. The van der Waals surface area contributed by atoms with Crippen molar-refractivity contribution >= 4 is 5.91 Å². The van der Waals surface area contributed by atoms with Gasteiger partial charge in [0, 0.05) is 38.4 Å². The van der Waals surface area contributed by atoms with E-state index in [4.69, 9.17) is 9.26 Å². The van der Waals surface area contributed by atoms with E-state index in [1.807, 2.05) is 18.3 Å². The highest BCUT2D eigenvalue weighted by molar-refractivity contribution is 5.91. The third-order valence-electron chi connectivity index (χ3n) is 4.98. The molecule has 7 nitrogen and oxygen atoms in total. The molecule has 2 aliphatic heterocycles. The Morgan fingerprint density at radius 2 is 2.24 bits per heavy atom. The second kappa shape index (κ2) is 6.93. The Morgan fingerprint density at radius 3 is 2.92 bits per heavy atom. The quantitative estimate of drug-likeness (QED) is 0.886. The SMILES string of the molecule is O=C(NC[C@@H]1CCC2(CN(Cc3ccccn3)C2)OC1)c1ccno1. The molecule has 132 valence electrons. The number of rotatable bonds is 5. The molecule has 4 rings (SSSR count). The summed E-state index contributed by atoms with van der Waals surface area (Å²) in [5.74, 6) is 0.377. The number of pyridine rings is 1. The Labute approximate surface area is 146 Å². The summed E-state index contributed by atoms with van der Waals surface area (Å²) in [7, 11) is 0. The van der Waals surface area contributed by atoms with E-state index in [0.29, 0.717) is 19.1 Å². The monoisotopic (exact) mass is 342 g/mol. The first kappa shape index (κ1) is 16.2. The predicted octanol–water partition coefficient (Wildman–Crippen LogP) is 1.48. The van der Waals surface area contributed by atoms with Gasteiger partial charge in [-0.05, 0) is 30.9 Å². The fourth-order valence-electron chi connectivity index (χ4n) is 3.59. The van der Waals surface area contributed by atoms with Gasteiger partial charge in [-0.3, -0.25) is 14.7 Å². The molecule has 1 atom stereocenters. The molecular weight excluding hydrogens is 320 g/mol. The molecule has 0 aromatic carbocycles. The van der Waals surface area contributed by atoms with Gasteiger partial charge in [0.1, 0.15) is 0 Å². The Bertz CT molecular complexity index is 688. The van der Waals surface area contributed by atoms with Gasteiger partial charge in [-0.2, -0.15) is 0 Å². The molecule has 4 heterocycles. The van der Waals surface area contributed by atoms with Crippen LogP contribution in [-0.4, -0.2) is 52.8 Å². The summed E-state index contributed by atoms with van der Waals surface area (Å²) >= 11 is 0. The number of likely N-dealkylation sites (tertiary alicyclic amines) is 1. The minimum atomic E-state index is -0.219. The number of carbonyl (C=O) groups excluding carboxylic acids is 1. The van der Waals surface area contributed by atoms with E-state index in [0.717, 1.165) is 38.2 Å². The normalized spacial score (nSPS) is 22.5. The highest BCUT2D eigenvalue weighted by Gasteiger charge is 2.46. The average molecular weight is 342 g/mol. The van der Waals surface area contributed by atoms with E-state index in [1.165, 1.54) is 6.20 Å². The first-order valence-corrected chi connectivity index (χ1v) is 8.68. The number of aromatic nitrogens is 2. The summed E-state index contributed by atoms with van der Waals surface area (Å²) in [6.45, 7) is 4.09. The van der Waals surface area contributed by atoms with Gasteiger partial charge >= 0.3 is 0 Å². The van der Waals surface area contributed by atoms with Gasteiger partial charge in [0.15, 0.2) is 0 Å². The summed E-state index contributed by atoms with van der Waals surface area (Å²) in [4.78, 5) is 18.6. The van der Waals surface area contributed by atoms with Crippen molar-refractivity contribution < 1.29 is 14.1 Å². The third-order valence-corrected chi connectivity index (χ3v) is 4.98. The lowest BCUT2D eigenvalue weighted by Gasteiger charge is -2.52. The van der Waals surface area contributed by atoms with Crippen LogP contribution in [0.15, 0.2) is 41.2 Å². The van der Waals surface area contributed by atoms with Gasteiger partial charge in [-0.1, -0.05) is 11.2 Å². The number of nitrogens with zero attached hydrogens (tertiary/aromatic N) is 3. The molecule has 25 heavy (non-hydrogen) atoms. The van der Waals surface area contributed by atoms with E-state index in [-0.39, 0.29) is 17.3 Å². The van der Waals surface area contributed by atoms with Crippen molar-refractivity contribution in [2.24, 2.45) is 5.92 Å². The van der Waals surface area contributed by atoms with Crippen LogP contribution < -0.4 is 5.32 Å². The number of carbonyl (C=O) groups is 1. The Balaban J connectivity index is 1.19. The maximum Gasteiger partial charge on any atom is 0.289 e. The van der Waals surface area contributed by atoms with Crippen molar-refractivity contribution in [3.8, 4) is 0 Å². The molecule has 7 heteroatoms. The zero-order chi connectivity index (χ0) is 17.1. The molecule has 1 spiro atoms. The molecule has 1 amide bonds. The van der Waals surface area contributed by atoms with Crippen molar-refractivity contribution in [3.63, 3.8) is 0 Å². The zero-order valence-electron chi connectivity index (χ0n) is 14.1. The highest BCUT2D eigenvalue weighted by Crippen LogP contribution is 2.36. The summed E-state index contributed by atoms with van der Waals surface area (Å²) in [5.41, 5.74) is 1.10. The first-order valence-electron chi connectivity index (χ1n) is 8.68. The molecule has 0 saturated carbocycles. The molecule has 0 radical (unpaired) electrons. The number of ether oxygens (including phenoxy) is 1. The Hall–Kier alpha value is -2.25. The topological polar surface area (TPSA) is 80.5 Å². The zero-order valence-corrected chi connectivity index (χ0v) is 14.1. The molecule has 2 fully saturated rings. The van der Waals surface area contributed by atoms with Crippen molar-refractivity contribution in [2.75, 3.05) is 26.2 Å². The fraction of sp³-hybridized carbons (Fsp3) is 0.500. The second-order valence-electron chi connectivity index (χ2n) is 6.95. The summed E-state index contributed by atoms with van der Waals surface area (Å²) in [6, 6.07) is 7.57. The van der Waals surface area contributed by atoms with Crippen molar-refractivity contribution in [2.45, 2.75) is 25.0 Å². The van der Waals surface area contributed by atoms with Crippen LogP contribution in [0.3, 0.4) is 0 Å². The standard InChI is InChI=1S/C18H22N4O3/c23-17(16-5-8-21-25-16)20-9-14-4-6-18(24-11-14)12-22(13-18)10-15-3-1-2-7-19-15/h1-3,5,7-8,14H,4,6,9-13H2,(H,20,23)/t14-/m0/s1. The lowest BCUT2D eigenvalue weighted by atomic mass is 9.83. The van der Waals surface area contributed by atoms with Crippen LogP contribution in [0.2, 0.25) is 0 Å². The van der Waals surface area contributed by atoms with Crippen molar-refractivity contribution in [3.05, 3.63) is 48.1 Å². The van der Waals surface area contributed by atoms with E-state index in [2.05, 4.69) is 26.4 Å². The molecular formula is C18H22N4O3. The fourth-order valence-corrected chi connectivity index (χ4v) is 3.59. The van der Waals surface area contributed by atoms with Gasteiger partial charge in [0.25, 0.3) is 5.91 Å². The number of hydrogen-bond acceptors (Lipinski definition) is 6. The summed E-state index contributed by atoms with van der Waals surface area (Å²) in [5, 5.41) is 6.43. The Morgan fingerprint density at radius 1 is 1.32 bits per heavy atom. The van der Waals surface area contributed by atoms with E-state index >= 15 is 0 Å². The van der Waals surface area contributed by atoms with Gasteiger partial charge < -0.3 is 14.6 Å². The number of hydrogen-bond donors (Lipinski definition) is 1. The van der Waals surface area contributed by atoms with Crippen LogP contribution in [0.1, 0.15) is 29.1 Å². The van der Waals surface area contributed by atoms with Crippen LogP contribution in [0, 0.1) is 5.92 Å². The van der Waals surface area contributed by atoms with E-state index < -0.39 is 0 Å². The number of nitrogens with one attached hydrogen (secondary N) is 1. The van der Waals surface area contributed by atoms with Gasteiger partial charge in [-0.15, -0.1) is 0 Å². The largest absolute Gasteiger partial charge is 0.372 e. The molecule has 0 aliphatic carbocycles. The highest BCUT2D eigenvalue weighted by atomic mass is 16.5. The predicted molar refractivity (Wildman–Crippen MR) is 89.8 cm³/mol. The molecule has 2 aliphatic rings. The molecule has 1 N–H and O–H groups in total. The maximum absolute atomic E-state index is 11.9. The minimum Gasteiger partial charge on any atom is -0.372 e. The summed E-state index contributed by atoms with van der Waals surface area (Å²) < 4.78 is 11.0. The number of amides is 1. The van der Waals surface area contributed by atoms with E-state index in [9.17, 15) is 4.79 Å². The molecule has 2 aromatic rings. The van der Waals surface area contributed by atoms with Crippen LogP contribution in [-0.2, 0) is 11.3 Å². The molecule has 0 unspecified atom stereocenters. The second-order valence-corrected chi connectivity index (χ2v) is 6.95. The maximum atomic E-state index is 11.9. The van der Waals surface area contributed by atoms with E-state index in [1.54, 1.807) is 6.07 Å².